The van der Waals surface area contributed by atoms with Gasteiger partial charge in [0.1, 0.15) is 6.07 Å². The molecule has 74 valence electrons. The average molecular weight is 193 g/mol. The van der Waals surface area contributed by atoms with Crippen molar-refractivity contribution in [1.82, 2.24) is 14.7 Å². The second-order valence-corrected chi connectivity index (χ2v) is 2.96. The maximum absolute atomic E-state index is 9.48. The summed E-state index contributed by atoms with van der Waals surface area (Å²) >= 11 is 0. The van der Waals surface area contributed by atoms with Crippen LogP contribution >= 0.6 is 0 Å². The lowest BCUT2D eigenvalue weighted by atomic mass is 10.4. The van der Waals surface area contributed by atoms with Gasteiger partial charge in [0.05, 0.1) is 6.34 Å². The van der Waals surface area contributed by atoms with E-state index in [9.17, 15) is 5.11 Å². The van der Waals surface area contributed by atoms with Crippen LogP contribution < -0.4 is 0 Å². The largest absolute Gasteiger partial charge is 0.492 e. The Labute approximate surface area is 81.7 Å². The van der Waals surface area contributed by atoms with Crippen molar-refractivity contribution < 1.29 is 5.11 Å². The Morgan fingerprint density at radius 3 is 2.79 bits per heavy atom. The van der Waals surface area contributed by atoms with Gasteiger partial charge in [0.15, 0.2) is 11.4 Å². The van der Waals surface area contributed by atoms with E-state index in [1.165, 1.54) is 11.0 Å². The van der Waals surface area contributed by atoms with Gasteiger partial charge in [-0.1, -0.05) is 0 Å². The third-order valence-corrected chi connectivity index (χ3v) is 1.52. The molecule has 1 aromatic heterocycles. The maximum Gasteiger partial charge on any atom is 0.237 e. The molecule has 0 aliphatic carbocycles. The van der Waals surface area contributed by atoms with Crippen LogP contribution in [0.2, 0.25) is 0 Å². The van der Waals surface area contributed by atoms with Crippen LogP contribution in [0.4, 0.5) is 5.69 Å². The molecule has 1 aromatic rings. The maximum atomic E-state index is 9.48. The zero-order valence-electron chi connectivity index (χ0n) is 8.26. The lowest BCUT2D eigenvalue weighted by Gasteiger charge is -2.01. The summed E-state index contributed by atoms with van der Waals surface area (Å²) in [6.07, 6.45) is 1.50. The molecule has 0 spiro atoms. The van der Waals surface area contributed by atoms with Crippen LogP contribution in [-0.4, -0.2) is 40.2 Å². The summed E-state index contributed by atoms with van der Waals surface area (Å²) in [5.74, 6) is -0.111. The second-order valence-electron chi connectivity index (χ2n) is 2.96. The quantitative estimate of drug-likeness (QED) is 0.538. The van der Waals surface area contributed by atoms with Crippen molar-refractivity contribution in [2.24, 2.45) is 12.0 Å². The number of nitriles is 1. The van der Waals surface area contributed by atoms with E-state index in [4.69, 9.17) is 5.26 Å². The Morgan fingerprint density at radius 1 is 1.64 bits per heavy atom. The van der Waals surface area contributed by atoms with Crippen LogP contribution in [0.15, 0.2) is 4.99 Å². The summed E-state index contributed by atoms with van der Waals surface area (Å²) in [5.41, 5.74) is 0.312. The lowest BCUT2D eigenvalue weighted by molar-refractivity contribution is 0.420. The molecule has 0 saturated heterocycles. The number of hydrogen-bond donors (Lipinski definition) is 1. The summed E-state index contributed by atoms with van der Waals surface area (Å²) in [6.45, 7) is 0. The van der Waals surface area contributed by atoms with Gasteiger partial charge in [-0.15, -0.1) is 0 Å². The third kappa shape index (κ3) is 1.82. The topological polar surface area (TPSA) is 77.4 Å². The molecule has 0 radical (unpaired) electrons. The van der Waals surface area contributed by atoms with Gasteiger partial charge in [-0.25, -0.2) is 9.67 Å². The van der Waals surface area contributed by atoms with Gasteiger partial charge in [-0.05, 0) is 0 Å². The molecule has 0 aliphatic heterocycles. The monoisotopic (exact) mass is 193 g/mol. The predicted octanol–water partition coefficient (Wildman–Crippen LogP) is 0.219. The zero-order valence-corrected chi connectivity index (χ0v) is 8.26. The Morgan fingerprint density at radius 2 is 2.29 bits per heavy atom. The molecule has 6 heteroatoms. The van der Waals surface area contributed by atoms with Crippen molar-refractivity contribution in [2.75, 3.05) is 14.1 Å². The molecular formula is C8H11N5O. The van der Waals surface area contributed by atoms with Gasteiger partial charge in [-0.2, -0.15) is 10.4 Å². The fourth-order valence-corrected chi connectivity index (χ4v) is 0.871. The van der Waals surface area contributed by atoms with E-state index in [-0.39, 0.29) is 17.3 Å². The van der Waals surface area contributed by atoms with Gasteiger partial charge in [-0.3, -0.25) is 0 Å². The highest BCUT2D eigenvalue weighted by molar-refractivity contribution is 5.67. The Balaban J connectivity index is 3.13. The van der Waals surface area contributed by atoms with Crippen molar-refractivity contribution >= 4 is 12.0 Å². The van der Waals surface area contributed by atoms with Gasteiger partial charge >= 0.3 is 0 Å². The molecular weight excluding hydrogens is 182 g/mol. The second kappa shape index (κ2) is 3.79. The van der Waals surface area contributed by atoms with Crippen LogP contribution in [0.1, 0.15) is 5.69 Å². The standard InChI is InChI=1S/C8H11N5O/c1-12(2)5-10-7-6(4-9)11-13(3)8(7)14/h5,14H,1-3H3/b10-5+. The first kappa shape index (κ1) is 10.1. The average Bonchev–Trinajstić information content (AvgIpc) is 2.40. The van der Waals surface area contributed by atoms with Crippen molar-refractivity contribution in [1.29, 1.82) is 5.26 Å². The molecule has 0 atom stereocenters. The minimum atomic E-state index is -0.111. The Bertz CT molecular complexity index is 399. The molecule has 14 heavy (non-hydrogen) atoms. The summed E-state index contributed by atoms with van der Waals surface area (Å²) in [5, 5.41) is 22.0. The van der Waals surface area contributed by atoms with E-state index < -0.39 is 0 Å². The molecule has 0 bridgehead atoms. The highest BCUT2D eigenvalue weighted by atomic mass is 16.3. The number of aliphatic imine (C=N–C) groups is 1. The Hall–Kier alpha value is -2.03. The molecule has 0 unspecified atom stereocenters. The molecule has 1 rings (SSSR count). The fraction of sp³-hybridized carbons (Fsp3) is 0.375. The fourth-order valence-electron chi connectivity index (χ4n) is 0.871. The van der Waals surface area contributed by atoms with E-state index in [0.717, 1.165) is 0 Å². The molecule has 0 amide bonds. The minimum absolute atomic E-state index is 0.111. The predicted molar refractivity (Wildman–Crippen MR) is 51.4 cm³/mol. The van der Waals surface area contributed by atoms with Crippen LogP contribution in [0, 0.1) is 11.3 Å². The molecule has 1 N–H and O–H groups in total. The number of rotatable bonds is 2. The van der Waals surface area contributed by atoms with E-state index >= 15 is 0 Å². The number of hydrogen-bond acceptors (Lipinski definition) is 4. The van der Waals surface area contributed by atoms with E-state index in [0.29, 0.717) is 0 Å². The Kier molecular flexibility index (Phi) is 2.72. The van der Waals surface area contributed by atoms with Gasteiger partial charge < -0.3 is 10.0 Å². The van der Waals surface area contributed by atoms with Crippen molar-refractivity contribution in [2.45, 2.75) is 0 Å². The highest BCUT2D eigenvalue weighted by Crippen LogP contribution is 2.28. The van der Waals surface area contributed by atoms with Gasteiger partial charge in [0.2, 0.25) is 5.88 Å². The molecule has 0 aromatic carbocycles. The van der Waals surface area contributed by atoms with Crippen molar-refractivity contribution in [3.8, 4) is 11.9 Å². The van der Waals surface area contributed by atoms with Crippen LogP contribution in [0.5, 0.6) is 5.88 Å². The first-order valence-electron chi connectivity index (χ1n) is 3.93. The first-order valence-corrected chi connectivity index (χ1v) is 3.93. The summed E-state index contributed by atoms with van der Waals surface area (Å²) in [7, 11) is 5.14. The van der Waals surface area contributed by atoms with Crippen molar-refractivity contribution in [3.63, 3.8) is 0 Å². The van der Waals surface area contributed by atoms with E-state index in [2.05, 4.69) is 10.1 Å². The van der Waals surface area contributed by atoms with Gasteiger partial charge in [0.25, 0.3) is 0 Å². The lowest BCUT2D eigenvalue weighted by Crippen LogP contribution is -2.06. The molecule has 0 saturated carbocycles. The number of aryl methyl sites for hydroxylation is 1. The minimum Gasteiger partial charge on any atom is -0.492 e. The third-order valence-electron chi connectivity index (χ3n) is 1.52. The smallest absolute Gasteiger partial charge is 0.237 e. The number of aromatic nitrogens is 2. The molecule has 0 fully saturated rings. The zero-order chi connectivity index (χ0) is 10.7. The summed E-state index contributed by atoms with van der Waals surface area (Å²) in [6, 6.07) is 1.86. The van der Waals surface area contributed by atoms with E-state index in [1.54, 1.807) is 26.0 Å². The highest BCUT2D eigenvalue weighted by Gasteiger charge is 2.13. The summed E-state index contributed by atoms with van der Waals surface area (Å²) < 4.78 is 1.21. The SMILES string of the molecule is CN(C)/C=N/c1c(C#N)nn(C)c1O. The van der Waals surface area contributed by atoms with Gasteiger partial charge in [0, 0.05) is 21.1 Å². The number of nitrogens with zero attached hydrogens (tertiary/aromatic N) is 5. The molecule has 6 nitrogen and oxygen atoms in total. The first-order chi connectivity index (χ1) is 6.56. The molecule has 0 aliphatic rings. The molecule has 1 heterocycles. The van der Waals surface area contributed by atoms with Crippen LogP contribution in [-0.2, 0) is 7.05 Å². The number of aromatic hydroxyl groups is 1. The van der Waals surface area contributed by atoms with Crippen LogP contribution in [0.3, 0.4) is 0 Å². The van der Waals surface area contributed by atoms with E-state index in [1.807, 2.05) is 6.07 Å². The van der Waals surface area contributed by atoms with Crippen molar-refractivity contribution in [3.05, 3.63) is 5.69 Å². The normalized spacial score (nSPS) is 10.4. The summed E-state index contributed by atoms with van der Waals surface area (Å²) in [4.78, 5) is 5.64. The van der Waals surface area contributed by atoms with Crippen LogP contribution in [0.25, 0.3) is 0 Å².